The van der Waals surface area contributed by atoms with Crippen LogP contribution < -0.4 is 10.1 Å². The van der Waals surface area contributed by atoms with Crippen molar-refractivity contribution < 1.29 is 9.13 Å². The molecule has 0 aliphatic carbocycles. The molecule has 0 aliphatic heterocycles. The van der Waals surface area contributed by atoms with E-state index in [1.807, 2.05) is 12.1 Å². The van der Waals surface area contributed by atoms with Gasteiger partial charge in [-0.05, 0) is 37.1 Å². The van der Waals surface area contributed by atoms with Crippen molar-refractivity contribution in [2.24, 2.45) is 5.92 Å². The predicted octanol–water partition coefficient (Wildman–Crippen LogP) is 4.07. The lowest BCUT2D eigenvalue weighted by Gasteiger charge is -2.10. The largest absolute Gasteiger partial charge is 0.436 e. The van der Waals surface area contributed by atoms with Crippen molar-refractivity contribution in [3.8, 4) is 11.6 Å². The molecule has 2 rings (SSSR count). The normalized spacial score (nSPS) is 10.9. The maximum Gasteiger partial charge on any atom is 0.219 e. The molecule has 0 unspecified atom stereocenters. The number of aryl methyl sites for hydroxylation is 1. The molecule has 2 aromatic rings. The third-order valence-electron chi connectivity index (χ3n) is 3.01. The molecule has 0 atom stereocenters. The van der Waals surface area contributed by atoms with Crippen LogP contribution in [0.5, 0.6) is 11.6 Å². The lowest BCUT2D eigenvalue weighted by Crippen LogP contribution is -2.19. The summed E-state index contributed by atoms with van der Waals surface area (Å²) in [6, 6.07) is 10.6. The zero-order valence-corrected chi connectivity index (χ0v) is 12.7. The van der Waals surface area contributed by atoms with Crippen LogP contribution in [0.2, 0.25) is 0 Å². The molecule has 0 fully saturated rings. The van der Waals surface area contributed by atoms with Crippen molar-refractivity contribution >= 4 is 0 Å². The van der Waals surface area contributed by atoms with Gasteiger partial charge in [0.1, 0.15) is 0 Å². The fourth-order valence-corrected chi connectivity index (χ4v) is 1.91. The SMILES string of the molecule is Cc1cccc(Oc2cccc(CNCC(C)C)n2)c1F. The van der Waals surface area contributed by atoms with Gasteiger partial charge in [-0.1, -0.05) is 32.0 Å². The van der Waals surface area contributed by atoms with Gasteiger partial charge in [-0.3, -0.25) is 0 Å². The van der Waals surface area contributed by atoms with Crippen LogP contribution in [0.1, 0.15) is 25.1 Å². The maximum atomic E-state index is 13.9. The number of nitrogens with zero attached hydrogens (tertiary/aromatic N) is 1. The monoisotopic (exact) mass is 288 g/mol. The average Bonchev–Trinajstić information content (AvgIpc) is 2.44. The maximum absolute atomic E-state index is 13.9. The summed E-state index contributed by atoms with van der Waals surface area (Å²) in [7, 11) is 0. The second kappa shape index (κ2) is 7.18. The average molecular weight is 288 g/mol. The Balaban J connectivity index is 2.05. The predicted molar refractivity (Wildman–Crippen MR) is 82.0 cm³/mol. The van der Waals surface area contributed by atoms with E-state index in [1.54, 1.807) is 31.2 Å². The molecule has 0 saturated carbocycles. The van der Waals surface area contributed by atoms with E-state index in [2.05, 4.69) is 24.1 Å². The van der Waals surface area contributed by atoms with Crippen molar-refractivity contribution in [2.75, 3.05) is 6.54 Å². The van der Waals surface area contributed by atoms with E-state index in [1.165, 1.54) is 0 Å². The lowest BCUT2D eigenvalue weighted by atomic mass is 10.2. The molecule has 4 heteroatoms. The van der Waals surface area contributed by atoms with Crippen molar-refractivity contribution in [3.63, 3.8) is 0 Å². The molecule has 1 aromatic heterocycles. The summed E-state index contributed by atoms with van der Waals surface area (Å²) < 4.78 is 19.5. The van der Waals surface area contributed by atoms with Gasteiger partial charge >= 0.3 is 0 Å². The number of benzene rings is 1. The number of ether oxygens (including phenoxy) is 1. The quantitative estimate of drug-likeness (QED) is 0.870. The molecule has 0 spiro atoms. The minimum Gasteiger partial charge on any atom is -0.436 e. The smallest absolute Gasteiger partial charge is 0.219 e. The molecular formula is C17H21FN2O. The van der Waals surface area contributed by atoms with Gasteiger partial charge in [-0.15, -0.1) is 0 Å². The van der Waals surface area contributed by atoms with Gasteiger partial charge in [0, 0.05) is 12.6 Å². The number of halogens is 1. The minimum absolute atomic E-state index is 0.204. The number of pyridine rings is 1. The Morgan fingerprint density at radius 1 is 1.19 bits per heavy atom. The fraction of sp³-hybridized carbons (Fsp3) is 0.353. The Labute approximate surface area is 125 Å². The van der Waals surface area contributed by atoms with Crippen molar-refractivity contribution in [3.05, 3.63) is 53.5 Å². The summed E-state index contributed by atoms with van der Waals surface area (Å²) in [6.07, 6.45) is 0. The number of hydrogen-bond acceptors (Lipinski definition) is 3. The number of hydrogen-bond donors (Lipinski definition) is 1. The van der Waals surface area contributed by atoms with Crippen LogP contribution in [0.15, 0.2) is 36.4 Å². The molecule has 0 radical (unpaired) electrons. The molecule has 1 aromatic carbocycles. The highest BCUT2D eigenvalue weighted by Gasteiger charge is 2.08. The van der Waals surface area contributed by atoms with E-state index in [0.29, 0.717) is 23.9 Å². The third kappa shape index (κ3) is 4.53. The Morgan fingerprint density at radius 2 is 1.95 bits per heavy atom. The first-order valence-corrected chi connectivity index (χ1v) is 7.16. The Kier molecular flexibility index (Phi) is 5.28. The molecule has 112 valence electrons. The van der Waals surface area contributed by atoms with Crippen LogP contribution in [-0.2, 0) is 6.54 Å². The van der Waals surface area contributed by atoms with E-state index in [0.717, 1.165) is 12.2 Å². The number of rotatable bonds is 6. The van der Waals surface area contributed by atoms with Crippen molar-refractivity contribution in [1.82, 2.24) is 10.3 Å². The minimum atomic E-state index is -0.345. The molecule has 0 bridgehead atoms. The van der Waals surface area contributed by atoms with Gasteiger partial charge in [-0.25, -0.2) is 9.37 Å². The molecule has 0 amide bonds. The van der Waals surface area contributed by atoms with Gasteiger partial charge in [-0.2, -0.15) is 0 Å². The fourth-order valence-electron chi connectivity index (χ4n) is 1.91. The zero-order chi connectivity index (χ0) is 15.2. The Bertz CT molecular complexity index is 599. The van der Waals surface area contributed by atoms with Crippen LogP contribution in [0, 0.1) is 18.7 Å². The first kappa shape index (κ1) is 15.4. The molecule has 21 heavy (non-hydrogen) atoms. The van der Waals surface area contributed by atoms with Gasteiger partial charge < -0.3 is 10.1 Å². The van der Waals surface area contributed by atoms with Gasteiger partial charge in [0.25, 0.3) is 0 Å². The highest BCUT2D eigenvalue weighted by atomic mass is 19.1. The van der Waals surface area contributed by atoms with Crippen LogP contribution in [-0.4, -0.2) is 11.5 Å². The van der Waals surface area contributed by atoms with E-state index in [4.69, 9.17) is 4.74 Å². The highest BCUT2D eigenvalue weighted by molar-refractivity contribution is 5.33. The second-order valence-corrected chi connectivity index (χ2v) is 5.48. The van der Waals surface area contributed by atoms with Crippen LogP contribution in [0.3, 0.4) is 0 Å². The summed E-state index contributed by atoms with van der Waals surface area (Å²) in [5, 5.41) is 3.32. The van der Waals surface area contributed by atoms with Gasteiger partial charge in [0.05, 0.1) is 5.69 Å². The molecule has 1 heterocycles. The van der Waals surface area contributed by atoms with Gasteiger partial charge in [0.2, 0.25) is 5.88 Å². The molecule has 0 saturated heterocycles. The van der Waals surface area contributed by atoms with Gasteiger partial charge in [0.15, 0.2) is 11.6 Å². The van der Waals surface area contributed by atoms with Crippen molar-refractivity contribution in [1.29, 1.82) is 0 Å². The Hall–Kier alpha value is -1.94. The summed E-state index contributed by atoms with van der Waals surface area (Å²) in [5.74, 6) is 0.853. The highest BCUT2D eigenvalue weighted by Crippen LogP contribution is 2.24. The van der Waals surface area contributed by atoms with E-state index in [-0.39, 0.29) is 11.6 Å². The molecule has 1 N–H and O–H groups in total. The van der Waals surface area contributed by atoms with Crippen LogP contribution >= 0.6 is 0 Å². The summed E-state index contributed by atoms with van der Waals surface area (Å²) in [4.78, 5) is 4.38. The Morgan fingerprint density at radius 3 is 2.71 bits per heavy atom. The second-order valence-electron chi connectivity index (χ2n) is 5.48. The zero-order valence-electron chi connectivity index (χ0n) is 12.7. The van der Waals surface area contributed by atoms with E-state index < -0.39 is 0 Å². The van der Waals surface area contributed by atoms with E-state index in [9.17, 15) is 4.39 Å². The molecule has 0 aliphatic rings. The van der Waals surface area contributed by atoms with E-state index >= 15 is 0 Å². The van der Waals surface area contributed by atoms with Crippen molar-refractivity contribution in [2.45, 2.75) is 27.3 Å². The molecule has 3 nitrogen and oxygen atoms in total. The first-order valence-electron chi connectivity index (χ1n) is 7.16. The molecular weight excluding hydrogens is 267 g/mol. The summed E-state index contributed by atoms with van der Waals surface area (Å²) in [5.41, 5.74) is 1.43. The standard InChI is InChI=1S/C17H21FN2O/c1-12(2)10-19-11-14-7-5-9-16(20-14)21-15-8-4-6-13(3)17(15)18/h4-9,12,19H,10-11H2,1-3H3. The topological polar surface area (TPSA) is 34.1 Å². The summed E-state index contributed by atoms with van der Waals surface area (Å²) in [6.45, 7) is 7.62. The first-order chi connectivity index (χ1) is 10.1. The number of nitrogens with one attached hydrogen (secondary N) is 1. The number of aromatic nitrogens is 1. The third-order valence-corrected chi connectivity index (χ3v) is 3.01. The lowest BCUT2D eigenvalue weighted by molar-refractivity contribution is 0.423. The summed E-state index contributed by atoms with van der Waals surface area (Å²) >= 11 is 0. The van der Waals surface area contributed by atoms with Crippen LogP contribution in [0.4, 0.5) is 4.39 Å². The van der Waals surface area contributed by atoms with Crippen LogP contribution in [0.25, 0.3) is 0 Å².